The molecule has 0 heterocycles. The first-order valence-electron chi connectivity index (χ1n) is 6.16. The van der Waals surface area contributed by atoms with Gasteiger partial charge in [-0.3, -0.25) is 0 Å². The Bertz CT molecular complexity index is 335. The molecular formula is C14H18BrClO. The zero-order valence-corrected chi connectivity index (χ0v) is 12.2. The summed E-state index contributed by atoms with van der Waals surface area (Å²) in [5, 5.41) is 1.79. The normalized spacial score (nSPS) is 17.1. The van der Waals surface area contributed by atoms with E-state index < -0.39 is 0 Å². The van der Waals surface area contributed by atoms with E-state index in [1.165, 1.54) is 18.4 Å². The maximum Gasteiger partial charge on any atom is 0.0505 e. The Hall–Kier alpha value is -0.0500. The van der Waals surface area contributed by atoms with Crippen LogP contribution in [0.1, 0.15) is 18.4 Å². The lowest BCUT2D eigenvalue weighted by molar-refractivity contribution is 0.0979. The van der Waals surface area contributed by atoms with E-state index >= 15 is 0 Å². The van der Waals surface area contributed by atoms with Crippen LogP contribution in [-0.4, -0.2) is 18.5 Å². The fraction of sp³-hybridized carbons (Fsp3) is 0.571. The summed E-state index contributed by atoms with van der Waals surface area (Å²) in [6.45, 7) is 1.80. The van der Waals surface area contributed by atoms with Gasteiger partial charge in [0.2, 0.25) is 0 Å². The highest BCUT2D eigenvalue weighted by Crippen LogP contribution is 2.29. The van der Waals surface area contributed by atoms with Gasteiger partial charge in [0, 0.05) is 17.0 Å². The smallest absolute Gasteiger partial charge is 0.0505 e. The number of alkyl halides is 1. The summed E-state index contributed by atoms with van der Waals surface area (Å²) in [4.78, 5) is 0. The molecule has 1 unspecified atom stereocenters. The Kier molecular flexibility index (Phi) is 5.33. The fourth-order valence-electron chi connectivity index (χ4n) is 1.80. The maximum atomic E-state index is 5.87. The lowest BCUT2D eigenvalue weighted by atomic mass is 10.0. The van der Waals surface area contributed by atoms with Crippen molar-refractivity contribution in [3.8, 4) is 0 Å². The summed E-state index contributed by atoms with van der Waals surface area (Å²) in [6, 6.07) is 8.10. The molecular weight excluding hydrogens is 300 g/mol. The van der Waals surface area contributed by atoms with Gasteiger partial charge < -0.3 is 4.74 Å². The van der Waals surface area contributed by atoms with Gasteiger partial charge >= 0.3 is 0 Å². The van der Waals surface area contributed by atoms with Gasteiger partial charge in [-0.1, -0.05) is 39.7 Å². The zero-order valence-electron chi connectivity index (χ0n) is 9.87. The van der Waals surface area contributed by atoms with Crippen LogP contribution >= 0.6 is 27.5 Å². The van der Waals surface area contributed by atoms with Gasteiger partial charge in [0.25, 0.3) is 0 Å². The summed E-state index contributed by atoms with van der Waals surface area (Å²) < 4.78 is 5.75. The summed E-state index contributed by atoms with van der Waals surface area (Å²) in [7, 11) is 0. The minimum absolute atomic E-state index is 0.551. The molecule has 1 aliphatic rings. The van der Waals surface area contributed by atoms with Crippen LogP contribution < -0.4 is 0 Å². The molecule has 1 nitrogen and oxygen atoms in total. The maximum absolute atomic E-state index is 5.87. The summed E-state index contributed by atoms with van der Waals surface area (Å²) in [5.74, 6) is 1.40. The second-order valence-electron chi connectivity index (χ2n) is 4.83. The van der Waals surface area contributed by atoms with E-state index in [0.717, 1.165) is 35.9 Å². The van der Waals surface area contributed by atoms with Crippen LogP contribution in [0, 0.1) is 11.8 Å². The number of hydrogen-bond donors (Lipinski definition) is 0. The standard InChI is InChI=1S/C14H18BrClO/c15-8-13(10-17-9-12-1-2-12)7-11-3-5-14(16)6-4-11/h3-6,12-13H,1-2,7-10H2. The third-order valence-corrected chi connectivity index (χ3v) is 4.23. The Labute approximate surface area is 117 Å². The van der Waals surface area contributed by atoms with Crippen LogP contribution in [0.2, 0.25) is 5.02 Å². The van der Waals surface area contributed by atoms with E-state index in [0.29, 0.717) is 5.92 Å². The molecule has 1 aromatic carbocycles. The minimum atomic E-state index is 0.551. The predicted molar refractivity (Wildman–Crippen MR) is 76.0 cm³/mol. The number of halogens is 2. The lowest BCUT2D eigenvalue weighted by Crippen LogP contribution is -2.15. The molecule has 0 N–H and O–H groups in total. The van der Waals surface area contributed by atoms with E-state index in [-0.39, 0.29) is 0 Å². The monoisotopic (exact) mass is 316 g/mol. The van der Waals surface area contributed by atoms with E-state index in [1.54, 1.807) is 0 Å². The highest BCUT2D eigenvalue weighted by atomic mass is 79.9. The van der Waals surface area contributed by atoms with Crippen molar-refractivity contribution in [2.24, 2.45) is 11.8 Å². The van der Waals surface area contributed by atoms with Gasteiger partial charge in [-0.25, -0.2) is 0 Å². The largest absolute Gasteiger partial charge is 0.381 e. The van der Waals surface area contributed by atoms with Gasteiger partial charge in [0.1, 0.15) is 0 Å². The molecule has 0 aromatic heterocycles. The molecule has 0 radical (unpaired) electrons. The minimum Gasteiger partial charge on any atom is -0.381 e. The highest BCUT2D eigenvalue weighted by molar-refractivity contribution is 9.09. The van der Waals surface area contributed by atoms with Crippen LogP contribution in [0.5, 0.6) is 0 Å². The van der Waals surface area contributed by atoms with Crippen molar-refractivity contribution in [3.05, 3.63) is 34.9 Å². The van der Waals surface area contributed by atoms with Crippen molar-refractivity contribution in [1.29, 1.82) is 0 Å². The Balaban J connectivity index is 1.74. The zero-order chi connectivity index (χ0) is 12.1. The average molecular weight is 318 g/mol. The summed E-state index contributed by atoms with van der Waals surface area (Å²) in [5.41, 5.74) is 1.33. The van der Waals surface area contributed by atoms with Crippen LogP contribution in [0.4, 0.5) is 0 Å². The van der Waals surface area contributed by atoms with Gasteiger partial charge in [0.15, 0.2) is 0 Å². The Morgan fingerprint density at radius 1 is 1.29 bits per heavy atom. The quantitative estimate of drug-likeness (QED) is 0.681. The molecule has 2 rings (SSSR count). The van der Waals surface area contributed by atoms with Crippen molar-refractivity contribution < 1.29 is 4.74 Å². The number of rotatable bonds is 7. The first-order valence-corrected chi connectivity index (χ1v) is 7.66. The molecule has 3 heteroatoms. The number of benzene rings is 1. The predicted octanol–water partition coefficient (Wildman–Crippen LogP) is 4.32. The molecule has 0 spiro atoms. The van der Waals surface area contributed by atoms with Gasteiger partial charge in [-0.2, -0.15) is 0 Å². The third-order valence-electron chi connectivity index (χ3n) is 3.06. The van der Waals surface area contributed by atoms with Crippen molar-refractivity contribution in [3.63, 3.8) is 0 Å². The van der Waals surface area contributed by atoms with Gasteiger partial charge in [0.05, 0.1) is 6.61 Å². The molecule has 1 aromatic rings. The summed E-state index contributed by atoms with van der Waals surface area (Å²) >= 11 is 9.44. The molecule has 0 bridgehead atoms. The molecule has 17 heavy (non-hydrogen) atoms. The van der Waals surface area contributed by atoms with Crippen molar-refractivity contribution in [2.45, 2.75) is 19.3 Å². The third kappa shape index (κ3) is 4.99. The second kappa shape index (κ2) is 6.77. The molecule has 0 saturated heterocycles. The summed E-state index contributed by atoms with van der Waals surface area (Å²) in [6.07, 6.45) is 3.76. The van der Waals surface area contributed by atoms with Gasteiger partial charge in [-0.15, -0.1) is 0 Å². The number of hydrogen-bond acceptors (Lipinski definition) is 1. The molecule has 1 fully saturated rings. The van der Waals surface area contributed by atoms with E-state index in [4.69, 9.17) is 16.3 Å². The topological polar surface area (TPSA) is 9.23 Å². The van der Waals surface area contributed by atoms with Crippen LogP contribution in [0.15, 0.2) is 24.3 Å². The lowest BCUT2D eigenvalue weighted by Gasteiger charge is -2.14. The first-order chi connectivity index (χ1) is 8.28. The van der Waals surface area contributed by atoms with Crippen LogP contribution in [0.25, 0.3) is 0 Å². The van der Waals surface area contributed by atoms with Crippen LogP contribution in [0.3, 0.4) is 0 Å². The van der Waals surface area contributed by atoms with Gasteiger partial charge in [-0.05, 0) is 48.8 Å². The molecule has 1 saturated carbocycles. The first kappa shape index (κ1) is 13.4. The average Bonchev–Trinajstić information content (AvgIpc) is 3.14. The molecule has 0 aliphatic heterocycles. The molecule has 1 atom stereocenters. The van der Waals surface area contributed by atoms with Crippen molar-refractivity contribution >= 4 is 27.5 Å². The van der Waals surface area contributed by atoms with Crippen molar-refractivity contribution in [1.82, 2.24) is 0 Å². The molecule has 1 aliphatic carbocycles. The van der Waals surface area contributed by atoms with Crippen LogP contribution in [-0.2, 0) is 11.2 Å². The fourth-order valence-corrected chi connectivity index (χ4v) is 2.34. The second-order valence-corrected chi connectivity index (χ2v) is 5.92. The molecule has 0 amide bonds. The Morgan fingerprint density at radius 2 is 2.00 bits per heavy atom. The SMILES string of the molecule is Clc1ccc(CC(CBr)COCC2CC2)cc1. The number of ether oxygens (including phenoxy) is 1. The molecule has 94 valence electrons. The van der Waals surface area contributed by atoms with E-state index in [2.05, 4.69) is 28.1 Å². The van der Waals surface area contributed by atoms with E-state index in [9.17, 15) is 0 Å². The Morgan fingerprint density at radius 3 is 2.59 bits per heavy atom. The highest BCUT2D eigenvalue weighted by Gasteiger charge is 2.21. The van der Waals surface area contributed by atoms with E-state index in [1.807, 2.05) is 12.1 Å². The van der Waals surface area contributed by atoms with Crippen molar-refractivity contribution in [2.75, 3.05) is 18.5 Å².